The molecule has 0 aromatic heterocycles. The van der Waals surface area contributed by atoms with Gasteiger partial charge in [0, 0.05) is 0 Å². The van der Waals surface area contributed by atoms with E-state index >= 15 is 0 Å². The van der Waals surface area contributed by atoms with Crippen molar-refractivity contribution < 1.29 is 16.7 Å². The molecule has 0 heterocycles. The van der Waals surface area contributed by atoms with E-state index in [2.05, 4.69) is 0 Å². The number of phenolic OH excluding ortho intramolecular Hbond substituents is 1. The third kappa shape index (κ3) is 1.80. The maximum atomic E-state index is 10.5. The van der Waals surface area contributed by atoms with Gasteiger partial charge in [-0.15, -0.1) is 0 Å². The summed E-state index contributed by atoms with van der Waals surface area (Å²) in [6.45, 7) is 1.99. The minimum atomic E-state index is -1.72. The lowest BCUT2D eigenvalue weighted by molar-refractivity contribution is -0.0505. The second-order valence-corrected chi connectivity index (χ2v) is 7.39. The number of benzene rings is 1. The van der Waals surface area contributed by atoms with E-state index in [1.165, 1.54) is 11.1 Å². The fourth-order valence-corrected chi connectivity index (χ4v) is 5.37. The Bertz CT molecular complexity index is 614. The fraction of sp³-hybridized carbons (Fsp3) is 0.667. The first kappa shape index (κ1) is 12.5. The van der Waals surface area contributed by atoms with Crippen LogP contribution in [0.4, 0.5) is 0 Å². The van der Waals surface area contributed by atoms with E-state index in [-0.39, 0.29) is 5.92 Å². The third-order valence-corrected chi connectivity index (χ3v) is 6.48. The van der Waals surface area contributed by atoms with Crippen LogP contribution in [0.25, 0.3) is 0 Å². The molecule has 3 heteroatoms. The molecule has 0 aliphatic heterocycles. The summed E-state index contributed by atoms with van der Waals surface area (Å²) in [7, 11) is 0. The number of aromatic hydroxyl groups is 1. The molecule has 0 unspecified atom stereocenters. The summed E-state index contributed by atoms with van der Waals surface area (Å²) in [6, 6.07) is 5.69. The summed E-state index contributed by atoms with van der Waals surface area (Å²) in [5.74, 6) is 1.38. The first-order valence-electron chi connectivity index (χ1n) is 8.57. The van der Waals surface area contributed by atoms with Crippen LogP contribution in [0.5, 0.6) is 5.75 Å². The number of aliphatic hydroxyl groups is 2. The molecule has 3 N–H and O–H groups in total. The molecular formula is C18H24O3. The van der Waals surface area contributed by atoms with Crippen LogP contribution in [0.15, 0.2) is 18.2 Å². The number of fused-ring (bicyclic) bond motifs is 5. The zero-order valence-corrected chi connectivity index (χ0v) is 12.4. The van der Waals surface area contributed by atoms with Gasteiger partial charge in [-0.2, -0.15) is 0 Å². The number of hydrogen-bond donors (Lipinski definition) is 3. The Labute approximate surface area is 127 Å². The van der Waals surface area contributed by atoms with Gasteiger partial charge in [0.1, 0.15) is 5.75 Å². The van der Waals surface area contributed by atoms with E-state index in [0.29, 0.717) is 24.0 Å². The van der Waals surface area contributed by atoms with E-state index < -0.39 is 17.6 Å². The number of rotatable bonds is 0. The molecule has 3 nitrogen and oxygen atoms in total. The molecular weight excluding hydrogens is 264 g/mol. The van der Waals surface area contributed by atoms with Crippen molar-refractivity contribution in [2.24, 2.45) is 17.3 Å². The molecule has 1 aromatic rings. The molecule has 0 amide bonds. The Morgan fingerprint density at radius 3 is 2.90 bits per heavy atom. The molecule has 0 spiro atoms. The lowest BCUT2D eigenvalue weighted by Crippen LogP contribution is -2.44. The van der Waals surface area contributed by atoms with Gasteiger partial charge in [0.2, 0.25) is 0 Å². The topological polar surface area (TPSA) is 60.7 Å². The van der Waals surface area contributed by atoms with Crippen molar-refractivity contribution in [1.29, 1.82) is 0 Å². The zero-order valence-electron chi connectivity index (χ0n) is 13.4. The Balaban J connectivity index is 1.73. The largest absolute Gasteiger partial charge is 0.508 e. The lowest BCUT2D eigenvalue weighted by atomic mass is 9.55. The van der Waals surface area contributed by atoms with E-state index in [0.717, 1.165) is 25.7 Å². The minimum Gasteiger partial charge on any atom is -0.508 e. The van der Waals surface area contributed by atoms with Crippen LogP contribution in [-0.2, 0) is 6.42 Å². The molecule has 2 saturated carbocycles. The summed E-state index contributed by atoms with van der Waals surface area (Å²) in [5, 5.41) is 30.4. The van der Waals surface area contributed by atoms with Gasteiger partial charge in [-0.1, -0.05) is 13.0 Å². The van der Waals surface area contributed by atoms with Gasteiger partial charge < -0.3 is 15.3 Å². The maximum Gasteiger partial charge on any atom is 0.115 e. The third-order valence-electron chi connectivity index (χ3n) is 6.48. The second-order valence-electron chi connectivity index (χ2n) is 7.39. The van der Waals surface area contributed by atoms with Crippen LogP contribution in [-0.4, -0.2) is 27.5 Å². The van der Waals surface area contributed by atoms with Gasteiger partial charge in [-0.3, -0.25) is 0 Å². The SMILES string of the molecule is [2H][C@@]1(O)[C@@H](O)C[C@@H]2[C@H]3CCc4cc(O)ccc4[C@@H]3CC[C@]21C. The van der Waals surface area contributed by atoms with E-state index in [1.807, 2.05) is 19.1 Å². The van der Waals surface area contributed by atoms with E-state index in [1.54, 1.807) is 6.07 Å². The average Bonchev–Trinajstić information content (AvgIpc) is 2.66. The lowest BCUT2D eigenvalue weighted by Gasteiger charge is -2.49. The summed E-state index contributed by atoms with van der Waals surface area (Å²) in [4.78, 5) is 0. The van der Waals surface area contributed by atoms with E-state index in [4.69, 9.17) is 1.37 Å². The monoisotopic (exact) mass is 289 g/mol. The number of aryl methyl sites for hydroxylation is 1. The zero-order chi connectivity index (χ0) is 15.7. The molecule has 0 saturated heterocycles. The van der Waals surface area contributed by atoms with Gasteiger partial charge >= 0.3 is 0 Å². The molecule has 0 bridgehead atoms. The molecule has 2 fully saturated rings. The van der Waals surface area contributed by atoms with Crippen LogP contribution < -0.4 is 0 Å². The van der Waals surface area contributed by atoms with Crippen molar-refractivity contribution >= 4 is 0 Å². The Hall–Kier alpha value is -1.06. The molecule has 3 aliphatic rings. The van der Waals surface area contributed by atoms with Crippen molar-refractivity contribution in [1.82, 2.24) is 0 Å². The van der Waals surface area contributed by atoms with E-state index in [9.17, 15) is 15.3 Å². The molecule has 114 valence electrons. The Kier molecular flexibility index (Phi) is 2.65. The second kappa shape index (κ2) is 4.47. The van der Waals surface area contributed by atoms with Crippen LogP contribution >= 0.6 is 0 Å². The maximum absolute atomic E-state index is 10.5. The quantitative estimate of drug-likeness (QED) is 0.688. The average molecular weight is 289 g/mol. The highest BCUT2D eigenvalue weighted by atomic mass is 16.3. The smallest absolute Gasteiger partial charge is 0.115 e. The molecule has 3 aliphatic carbocycles. The predicted octanol–water partition coefficient (Wildman–Crippen LogP) is 2.58. The first-order valence-corrected chi connectivity index (χ1v) is 8.07. The standard InChI is InChI=1S/C18H24O3/c1-18-7-6-13-12-5-3-11(19)8-10(12)2-4-14(13)15(18)9-16(20)17(18)21/h3,5,8,13-17,19-21H,2,4,6-7,9H2,1H3/t13-,14-,15+,16-,17+,18+/m0/s1/i17D. The molecule has 4 rings (SSSR count). The van der Waals surface area contributed by atoms with Crippen LogP contribution in [0.2, 0.25) is 0 Å². The summed E-state index contributed by atoms with van der Waals surface area (Å²) >= 11 is 0. The summed E-state index contributed by atoms with van der Waals surface area (Å²) in [6.07, 6.45) is 1.54. The fourth-order valence-electron chi connectivity index (χ4n) is 5.37. The van der Waals surface area contributed by atoms with Gasteiger partial charge in [-0.25, -0.2) is 0 Å². The van der Waals surface area contributed by atoms with Crippen LogP contribution in [0.1, 0.15) is 51.0 Å². The van der Waals surface area contributed by atoms with Crippen molar-refractivity contribution in [3.8, 4) is 5.75 Å². The molecule has 1 aromatic carbocycles. The van der Waals surface area contributed by atoms with Crippen LogP contribution in [0, 0.1) is 17.3 Å². The van der Waals surface area contributed by atoms with Gasteiger partial charge in [0.15, 0.2) is 0 Å². The Morgan fingerprint density at radius 1 is 1.29 bits per heavy atom. The highest BCUT2D eigenvalue weighted by Gasteiger charge is 2.57. The summed E-state index contributed by atoms with van der Waals surface area (Å²) in [5.41, 5.74) is 2.05. The van der Waals surface area contributed by atoms with Crippen LogP contribution in [0.3, 0.4) is 0 Å². The number of aliphatic hydroxyl groups excluding tert-OH is 1. The van der Waals surface area contributed by atoms with Gasteiger partial charge in [0.25, 0.3) is 0 Å². The molecule has 21 heavy (non-hydrogen) atoms. The Morgan fingerprint density at radius 2 is 2.10 bits per heavy atom. The molecule has 0 radical (unpaired) electrons. The van der Waals surface area contributed by atoms with Gasteiger partial charge in [-0.05, 0) is 78.5 Å². The number of phenols is 1. The van der Waals surface area contributed by atoms with Crippen molar-refractivity contribution in [2.75, 3.05) is 0 Å². The van der Waals surface area contributed by atoms with Crippen molar-refractivity contribution in [2.45, 2.75) is 57.1 Å². The van der Waals surface area contributed by atoms with Crippen molar-refractivity contribution in [3.63, 3.8) is 0 Å². The van der Waals surface area contributed by atoms with Crippen molar-refractivity contribution in [3.05, 3.63) is 29.3 Å². The van der Waals surface area contributed by atoms with Gasteiger partial charge in [0.05, 0.1) is 13.6 Å². The minimum absolute atomic E-state index is 0.200. The highest BCUT2D eigenvalue weighted by molar-refractivity contribution is 5.40. The highest BCUT2D eigenvalue weighted by Crippen LogP contribution is 2.60. The molecule has 6 atom stereocenters. The predicted molar refractivity (Wildman–Crippen MR) is 80.1 cm³/mol. The number of hydrogen-bond acceptors (Lipinski definition) is 3. The first-order chi connectivity index (χ1) is 10.3. The summed E-state index contributed by atoms with van der Waals surface area (Å²) < 4.78 is 8.27. The normalized spacial score (nSPS) is 49.0.